The number of pyridine rings is 2. The van der Waals surface area contributed by atoms with E-state index >= 15 is 0 Å². The van der Waals surface area contributed by atoms with Crippen molar-refractivity contribution in [2.24, 2.45) is 5.92 Å². The van der Waals surface area contributed by atoms with E-state index in [-0.39, 0.29) is 17.1 Å². The molecule has 0 unspecified atom stereocenters. The second-order valence-electron chi connectivity index (χ2n) is 9.00. The van der Waals surface area contributed by atoms with E-state index in [2.05, 4.69) is 15.1 Å². The van der Waals surface area contributed by atoms with Crippen LogP contribution in [0.15, 0.2) is 79.3 Å². The zero-order chi connectivity index (χ0) is 27.6. The Morgan fingerprint density at radius 2 is 1.77 bits per heavy atom. The smallest absolute Gasteiger partial charge is 0.435 e. The van der Waals surface area contributed by atoms with Crippen molar-refractivity contribution < 1.29 is 27.9 Å². The van der Waals surface area contributed by atoms with Gasteiger partial charge in [-0.1, -0.05) is 12.1 Å². The summed E-state index contributed by atoms with van der Waals surface area (Å²) < 4.78 is 42.7. The maximum Gasteiger partial charge on any atom is 0.435 e. The van der Waals surface area contributed by atoms with Gasteiger partial charge in [-0.05, 0) is 61.4 Å². The maximum absolute atomic E-state index is 14.2. The minimum absolute atomic E-state index is 0.0146. The van der Waals surface area contributed by atoms with E-state index in [0.717, 1.165) is 11.1 Å². The molecule has 39 heavy (non-hydrogen) atoms. The largest absolute Gasteiger partial charge is 0.481 e. The molecule has 9 nitrogen and oxygen atoms in total. The van der Waals surface area contributed by atoms with Gasteiger partial charge in [0.05, 0.1) is 11.6 Å². The summed E-state index contributed by atoms with van der Waals surface area (Å²) in [7, 11) is 0. The van der Waals surface area contributed by atoms with Crippen molar-refractivity contribution in [3.8, 4) is 11.3 Å². The number of amides is 1. The monoisotopic (exact) mass is 536 g/mol. The lowest BCUT2D eigenvalue weighted by Crippen LogP contribution is -2.40. The SMILES string of the molecule is O=C(O)C1CCN(c2cccc(C(=O)N(c3ccccn3)n3nc(-c4cccnc4)cc3C(F)(F)F)c2)CC1. The summed E-state index contributed by atoms with van der Waals surface area (Å²) in [4.78, 5) is 35.8. The number of carbonyl (C=O) groups is 2. The number of aromatic nitrogens is 4. The minimum Gasteiger partial charge on any atom is -0.481 e. The Kier molecular flexibility index (Phi) is 7.01. The van der Waals surface area contributed by atoms with Crippen LogP contribution in [0.4, 0.5) is 24.7 Å². The van der Waals surface area contributed by atoms with E-state index in [4.69, 9.17) is 0 Å². The third kappa shape index (κ3) is 5.44. The molecule has 12 heteroatoms. The number of benzene rings is 1. The van der Waals surface area contributed by atoms with Gasteiger partial charge in [-0.25, -0.2) is 4.98 Å². The molecule has 1 aliphatic rings. The molecule has 0 aliphatic carbocycles. The van der Waals surface area contributed by atoms with E-state index in [0.29, 0.717) is 42.0 Å². The second-order valence-corrected chi connectivity index (χ2v) is 9.00. The van der Waals surface area contributed by atoms with Crippen LogP contribution in [-0.4, -0.2) is 49.9 Å². The molecule has 1 fully saturated rings. The fourth-order valence-electron chi connectivity index (χ4n) is 4.48. The van der Waals surface area contributed by atoms with Gasteiger partial charge in [0.25, 0.3) is 5.91 Å². The van der Waals surface area contributed by atoms with Gasteiger partial charge < -0.3 is 10.0 Å². The van der Waals surface area contributed by atoms with Crippen LogP contribution in [0.2, 0.25) is 0 Å². The Morgan fingerprint density at radius 3 is 2.41 bits per heavy atom. The summed E-state index contributed by atoms with van der Waals surface area (Å²) in [6.45, 7) is 0.953. The van der Waals surface area contributed by atoms with Gasteiger partial charge in [0.15, 0.2) is 11.5 Å². The van der Waals surface area contributed by atoms with E-state index in [1.807, 2.05) is 4.90 Å². The lowest BCUT2D eigenvalue weighted by atomic mass is 9.96. The Hall–Kier alpha value is -4.74. The summed E-state index contributed by atoms with van der Waals surface area (Å²) in [5.74, 6) is -2.10. The van der Waals surface area contributed by atoms with Crippen molar-refractivity contribution in [1.82, 2.24) is 19.9 Å². The summed E-state index contributed by atoms with van der Waals surface area (Å²) in [5.41, 5.74) is -0.0447. The molecule has 0 spiro atoms. The number of alkyl halides is 3. The van der Waals surface area contributed by atoms with Gasteiger partial charge in [-0.3, -0.25) is 14.6 Å². The predicted octanol–water partition coefficient (Wildman–Crippen LogP) is 4.77. The average molecular weight is 537 g/mol. The molecule has 3 aromatic heterocycles. The van der Waals surface area contributed by atoms with Crippen molar-refractivity contribution in [2.75, 3.05) is 23.0 Å². The number of aliphatic carboxylic acids is 1. The molecule has 200 valence electrons. The highest BCUT2D eigenvalue weighted by Crippen LogP contribution is 2.34. The molecule has 1 N–H and O–H groups in total. The first kappa shape index (κ1) is 25.9. The molecule has 1 aromatic carbocycles. The molecular formula is C27H23F3N6O3. The van der Waals surface area contributed by atoms with Gasteiger partial charge in [0, 0.05) is 48.5 Å². The first-order chi connectivity index (χ1) is 18.7. The fourth-order valence-corrected chi connectivity index (χ4v) is 4.48. The van der Waals surface area contributed by atoms with Crippen LogP contribution in [0.5, 0.6) is 0 Å². The lowest BCUT2D eigenvalue weighted by Gasteiger charge is -2.32. The molecule has 0 saturated carbocycles. The number of carboxylic acids is 1. The number of nitrogens with zero attached hydrogens (tertiary/aromatic N) is 6. The fraction of sp³-hybridized carbons (Fsp3) is 0.222. The molecule has 1 aliphatic heterocycles. The highest BCUT2D eigenvalue weighted by Gasteiger charge is 2.40. The summed E-state index contributed by atoms with van der Waals surface area (Å²) in [6.07, 6.45) is 0.317. The van der Waals surface area contributed by atoms with Gasteiger partial charge in [0.2, 0.25) is 0 Å². The summed E-state index contributed by atoms with van der Waals surface area (Å²) in [6, 6.07) is 15.1. The Bertz CT molecular complexity index is 1470. The maximum atomic E-state index is 14.2. The van der Waals surface area contributed by atoms with Crippen LogP contribution in [0.1, 0.15) is 28.9 Å². The minimum atomic E-state index is -4.84. The van der Waals surface area contributed by atoms with Crippen molar-refractivity contribution in [1.29, 1.82) is 0 Å². The van der Waals surface area contributed by atoms with Gasteiger partial charge in [0.1, 0.15) is 0 Å². The third-order valence-electron chi connectivity index (χ3n) is 6.49. The molecule has 0 radical (unpaired) electrons. The number of anilines is 2. The molecule has 4 heterocycles. The number of carboxylic acid groups (broad SMARTS) is 1. The predicted molar refractivity (Wildman–Crippen MR) is 136 cm³/mol. The van der Waals surface area contributed by atoms with E-state index in [1.54, 1.807) is 42.5 Å². The first-order valence-corrected chi connectivity index (χ1v) is 12.1. The number of hydrogen-bond acceptors (Lipinski definition) is 6. The number of rotatable bonds is 6. The van der Waals surface area contributed by atoms with Crippen LogP contribution >= 0.6 is 0 Å². The molecular weight excluding hydrogens is 513 g/mol. The Morgan fingerprint density at radius 1 is 0.974 bits per heavy atom. The van der Waals surface area contributed by atoms with Gasteiger partial charge in [-0.15, -0.1) is 0 Å². The van der Waals surface area contributed by atoms with Gasteiger partial charge in [-0.2, -0.15) is 28.1 Å². The molecule has 1 amide bonds. The van der Waals surface area contributed by atoms with Crippen molar-refractivity contribution in [3.05, 3.63) is 90.5 Å². The standard InChI is InChI=1S/C27H23F3N6O3/c28-27(29,30)23-16-22(20-6-4-11-31-17-20)33-36(23)35(24-8-1-2-12-32-24)25(37)19-5-3-7-21(15-19)34-13-9-18(10-14-34)26(38)39/h1-8,11-12,15-18H,9-10,13-14H2,(H,38,39). The number of carbonyl (C=O) groups excluding carboxylic acids is 1. The van der Waals surface area contributed by atoms with Crippen LogP contribution in [0.25, 0.3) is 11.3 Å². The van der Waals surface area contributed by atoms with Crippen molar-refractivity contribution in [2.45, 2.75) is 19.0 Å². The van der Waals surface area contributed by atoms with Crippen molar-refractivity contribution >= 4 is 23.4 Å². The average Bonchev–Trinajstić information content (AvgIpc) is 3.40. The summed E-state index contributed by atoms with van der Waals surface area (Å²) >= 11 is 0. The first-order valence-electron chi connectivity index (χ1n) is 12.1. The van der Waals surface area contributed by atoms with E-state index in [9.17, 15) is 27.9 Å². The third-order valence-corrected chi connectivity index (χ3v) is 6.49. The van der Waals surface area contributed by atoms with Crippen LogP contribution in [0.3, 0.4) is 0 Å². The number of hydrogen-bond donors (Lipinski definition) is 1. The van der Waals surface area contributed by atoms with Crippen molar-refractivity contribution in [3.63, 3.8) is 0 Å². The quantitative estimate of drug-likeness (QED) is 0.379. The second kappa shape index (κ2) is 10.6. The lowest BCUT2D eigenvalue weighted by molar-refractivity contribution is -0.144. The highest BCUT2D eigenvalue weighted by atomic mass is 19.4. The molecule has 4 aromatic rings. The zero-order valence-electron chi connectivity index (χ0n) is 20.5. The topological polar surface area (TPSA) is 104 Å². The van der Waals surface area contributed by atoms with E-state index < -0.39 is 29.7 Å². The van der Waals surface area contributed by atoms with E-state index in [1.165, 1.54) is 30.7 Å². The summed E-state index contributed by atoms with van der Waals surface area (Å²) in [5, 5.41) is 14.2. The molecule has 5 rings (SSSR count). The van der Waals surface area contributed by atoms with Crippen LogP contribution in [-0.2, 0) is 11.0 Å². The normalized spacial score (nSPS) is 14.3. The number of piperidine rings is 1. The zero-order valence-corrected chi connectivity index (χ0v) is 20.5. The highest BCUT2D eigenvalue weighted by molar-refractivity contribution is 6.05. The molecule has 1 saturated heterocycles. The van der Waals surface area contributed by atoms with Crippen LogP contribution < -0.4 is 9.91 Å². The number of halogens is 3. The Labute approximate surface area is 221 Å². The van der Waals surface area contributed by atoms with Gasteiger partial charge >= 0.3 is 12.1 Å². The van der Waals surface area contributed by atoms with Crippen LogP contribution in [0, 0.1) is 5.92 Å². The molecule has 0 atom stereocenters. The molecule has 0 bridgehead atoms. The Balaban J connectivity index is 1.56.